The minimum Gasteiger partial charge on any atom is -0.423 e. The van der Waals surface area contributed by atoms with Gasteiger partial charge in [-0.05, 0) is 36.6 Å². The van der Waals surface area contributed by atoms with Gasteiger partial charge < -0.3 is 15.1 Å². The molecule has 1 atom stereocenters. The van der Waals surface area contributed by atoms with E-state index in [1.54, 1.807) is 29.8 Å². The van der Waals surface area contributed by atoms with E-state index in [-0.39, 0.29) is 17.6 Å². The van der Waals surface area contributed by atoms with Gasteiger partial charge in [0.25, 0.3) is 5.91 Å². The number of benzene rings is 1. The number of aromatic nitrogens is 2. The van der Waals surface area contributed by atoms with Gasteiger partial charge in [0.2, 0.25) is 11.8 Å². The van der Waals surface area contributed by atoms with Gasteiger partial charge in [-0.25, -0.2) is 4.39 Å². The molecule has 24 heavy (non-hydrogen) atoms. The van der Waals surface area contributed by atoms with Gasteiger partial charge in [0.1, 0.15) is 11.9 Å². The number of thiophene rings is 1. The number of aryl methyl sites for hydroxylation is 1. The Bertz CT molecular complexity index is 848. The number of rotatable bonds is 5. The van der Waals surface area contributed by atoms with E-state index in [9.17, 15) is 9.18 Å². The highest BCUT2D eigenvalue weighted by atomic mass is 32.1. The Morgan fingerprint density at radius 3 is 2.83 bits per heavy atom. The summed E-state index contributed by atoms with van der Waals surface area (Å²) in [5.74, 6) is 0.0421. The molecule has 6 nitrogen and oxygen atoms in total. The molecule has 1 unspecified atom stereocenters. The summed E-state index contributed by atoms with van der Waals surface area (Å²) >= 11 is 1.40. The van der Waals surface area contributed by atoms with Crippen LogP contribution < -0.4 is 10.6 Å². The summed E-state index contributed by atoms with van der Waals surface area (Å²) in [6, 6.07) is 5.82. The minimum atomic E-state index is -0.509. The molecule has 0 saturated heterocycles. The van der Waals surface area contributed by atoms with Crippen molar-refractivity contribution in [2.75, 3.05) is 10.6 Å². The number of anilines is 2. The predicted octanol–water partition coefficient (Wildman–Crippen LogP) is 4.00. The Morgan fingerprint density at radius 2 is 2.17 bits per heavy atom. The number of halogens is 1. The van der Waals surface area contributed by atoms with E-state index >= 15 is 0 Å². The lowest BCUT2D eigenvalue weighted by atomic mass is 10.2. The number of amides is 1. The fourth-order valence-electron chi connectivity index (χ4n) is 2.10. The second-order valence-corrected chi connectivity index (χ2v) is 5.97. The number of hydrogen-bond acceptors (Lipinski definition) is 6. The van der Waals surface area contributed by atoms with Gasteiger partial charge in [-0.1, -0.05) is 0 Å². The van der Waals surface area contributed by atoms with Crippen molar-refractivity contribution >= 4 is 28.6 Å². The first-order valence-electron chi connectivity index (χ1n) is 7.22. The fraction of sp³-hybridized carbons (Fsp3) is 0.188. The maximum absolute atomic E-state index is 14.0. The van der Waals surface area contributed by atoms with E-state index in [2.05, 4.69) is 20.8 Å². The lowest BCUT2D eigenvalue weighted by Crippen LogP contribution is -2.13. The first-order valence-corrected chi connectivity index (χ1v) is 8.17. The molecule has 0 aliphatic rings. The average Bonchev–Trinajstić information content (AvgIpc) is 3.22. The van der Waals surface area contributed by atoms with Crippen LogP contribution in [-0.4, -0.2) is 16.1 Å². The highest BCUT2D eigenvalue weighted by molar-refractivity contribution is 7.08. The maximum atomic E-state index is 14.0. The van der Waals surface area contributed by atoms with Gasteiger partial charge in [0.15, 0.2) is 0 Å². The molecule has 3 rings (SSSR count). The lowest BCUT2D eigenvalue weighted by molar-refractivity contribution is 0.102. The molecule has 2 aromatic heterocycles. The summed E-state index contributed by atoms with van der Waals surface area (Å²) in [5.41, 5.74) is 1.22. The Morgan fingerprint density at radius 1 is 1.33 bits per heavy atom. The van der Waals surface area contributed by atoms with Crippen molar-refractivity contribution in [3.8, 4) is 0 Å². The Kier molecular flexibility index (Phi) is 4.57. The third-order valence-electron chi connectivity index (χ3n) is 3.29. The second kappa shape index (κ2) is 6.79. The summed E-state index contributed by atoms with van der Waals surface area (Å²) in [4.78, 5) is 12.1. The topological polar surface area (TPSA) is 80.0 Å². The van der Waals surface area contributed by atoms with Crippen molar-refractivity contribution in [3.05, 3.63) is 58.2 Å². The molecule has 0 aliphatic carbocycles. The van der Waals surface area contributed by atoms with Gasteiger partial charge in [0, 0.05) is 18.0 Å². The fourth-order valence-corrected chi connectivity index (χ4v) is 2.73. The first kappa shape index (κ1) is 16.1. The van der Waals surface area contributed by atoms with Crippen LogP contribution in [0, 0.1) is 12.7 Å². The first-order chi connectivity index (χ1) is 11.5. The molecule has 2 N–H and O–H groups in total. The largest absolute Gasteiger partial charge is 0.423 e. The number of nitrogens with zero attached hydrogens (tertiary/aromatic N) is 2. The molecule has 0 bridgehead atoms. The van der Waals surface area contributed by atoms with Crippen LogP contribution in [-0.2, 0) is 0 Å². The lowest BCUT2D eigenvalue weighted by Gasteiger charge is -2.13. The van der Waals surface area contributed by atoms with Gasteiger partial charge in [0.05, 0.1) is 11.3 Å². The van der Waals surface area contributed by atoms with Crippen molar-refractivity contribution in [1.29, 1.82) is 0 Å². The van der Waals surface area contributed by atoms with E-state index in [1.165, 1.54) is 23.5 Å². The molecule has 0 radical (unpaired) electrons. The van der Waals surface area contributed by atoms with Crippen LogP contribution in [0.15, 0.2) is 39.4 Å². The molecule has 1 aromatic carbocycles. The molecule has 2 heterocycles. The van der Waals surface area contributed by atoms with Crippen LogP contribution in [0.2, 0.25) is 0 Å². The molecule has 0 spiro atoms. The van der Waals surface area contributed by atoms with Crippen LogP contribution in [0.3, 0.4) is 0 Å². The monoisotopic (exact) mass is 346 g/mol. The molecule has 0 fully saturated rings. The summed E-state index contributed by atoms with van der Waals surface area (Å²) in [5, 5.41) is 16.9. The van der Waals surface area contributed by atoms with Crippen LogP contribution in [0.4, 0.5) is 15.8 Å². The smallest absolute Gasteiger partial charge is 0.256 e. The van der Waals surface area contributed by atoms with Crippen molar-refractivity contribution < 1.29 is 13.6 Å². The molecule has 0 aliphatic heterocycles. The normalized spacial score (nSPS) is 12.0. The minimum absolute atomic E-state index is 0.102. The molecule has 1 amide bonds. The van der Waals surface area contributed by atoms with Gasteiger partial charge >= 0.3 is 0 Å². The zero-order valence-corrected chi connectivity index (χ0v) is 13.9. The summed E-state index contributed by atoms with van der Waals surface area (Å²) in [6.45, 7) is 3.55. The molecular formula is C16H15FN4O2S. The molecule has 3 aromatic rings. The van der Waals surface area contributed by atoms with Crippen molar-refractivity contribution in [1.82, 2.24) is 10.2 Å². The second-order valence-electron chi connectivity index (χ2n) is 5.19. The Labute approximate surface area is 141 Å². The zero-order chi connectivity index (χ0) is 17.1. The van der Waals surface area contributed by atoms with E-state index < -0.39 is 5.82 Å². The third kappa shape index (κ3) is 3.60. The van der Waals surface area contributed by atoms with E-state index in [4.69, 9.17) is 4.42 Å². The van der Waals surface area contributed by atoms with E-state index in [1.807, 2.05) is 6.92 Å². The average molecular weight is 346 g/mol. The zero-order valence-electron chi connectivity index (χ0n) is 13.0. The van der Waals surface area contributed by atoms with Crippen molar-refractivity contribution in [2.45, 2.75) is 19.9 Å². The summed E-state index contributed by atoms with van der Waals surface area (Å²) < 4.78 is 19.3. The number of carbonyl (C=O) groups is 1. The van der Waals surface area contributed by atoms with Crippen molar-refractivity contribution in [2.24, 2.45) is 0 Å². The van der Waals surface area contributed by atoms with Gasteiger partial charge in [-0.2, -0.15) is 11.3 Å². The van der Waals surface area contributed by atoms with Gasteiger partial charge in [-0.3, -0.25) is 4.79 Å². The van der Waals surface area contributed by atoms with Crippen LogP contribution >= 0.6 is 11.3 Å². The molecule has 124 valence electrons. The number of carbonyl (C=O) groups excluding carboxylic acids is 1. The van der Waals surface area contributed by atoms with E-state index in [0.29, 0.717) is 23.0 Å². The van der Waals surface area contributed by atoms with Crippen LogP contribution in [0.25, 0.3) is 0 Å². The quantitative estimate of drug-likeness (QED) is 0.730. The SMILES string of the molecule is Cc1nnc(C(C)Nc2ccc(F)c(NC(=O)c3ccsc3)c2)o1. The maximum Gasteiger partial charge on any atom is 0.256 e. The van der Waals surface area contributed by atoms with E-state index in [0.717, 1.165) is 0 Å². The number of hydrogen-bond donors (Lipinski definition) is 2. The standard InChI is InChI=1S/C16H15FN4O2S/c1-9(16-21-20-10(2)23-16)18-12-3-4-13(17)14(7-12)19-15(22)11-5-6-24-8-11/h3-9,18H,1-2H3,(H,19,22). The van der Waals surface area contributed by atoms with Crippen LogP contribution in [0.5, 0.6) is 0 Å². The Balaban J connectivity index is 1.75. The molecule has 8 heteroatoms. The molecular weight excluding hydrogens is 331 g/mol. The van der Waals surface area contributed by atoms with Crippen molar-refractivity contribution in [3.63, 3.8) is 0 Å². The number of nitrogens with one attached hydrogen (secondary N) is 2. The van der Waals surface area contributed by atoms with Gasteiger partial charge in [-0.15, -0.1) is 10.2 Å². The highest BCUT2D eigenvalue weighted by Crippen LogP contribution is 2.24. The Hall–Kier alpha value is -2.74. The summed E-state index contributed by atoms with van der Waals surface area (Å²) in [7, 11) is 0. The highest BCUT2D eigenvalue weighted by Gasteiger charge is 2.14. The summed E-state index contributed by atoms with van der Waals surface area (Å²) in [6.07, 6.45) is 0. The molecule has 0 saturated carbocycles. The van der Waals surface area contributed by atoms with Crippen LogP contribution in [0.1, 0.15) is 35.1 Å². The predicted molar refractivity (Wildman–Crippen MR) is 89.7 cm³/mol. The third-order valence-corrected chi connectivity index (χ3v) is 3.98.